The molecular weight excluding hydrogens is 448 g/mol. The summed E-state index contributed by atoms with van der Waals surface area (Å²) in [6.45, 7) is 0. The van der Waals surface area contributed by atoms with E-state index in [9.17, 15) is 19.2 Å². The minimum Gasteiger partial charge on any atom is -0.478 e. The first kappa shape index (κ1) is 30.1. The molecule has 0 atom stereocenters. The Kier molecular flexibility index (Phi) is 15.3. The fourth-order valence-corrected chi connectivity index (χ4v) is 4.09. The standard InChI is InChI=1S/2C8H6O4.C4H8.2H2O.Ti/c2*9-7(10)5-1-2-6(4-3-5)8(11)12;1-3-4-2;;;/h2*1-4H,(H,9,10)(H,11,12);1-4H2;2*1H2;. The molecule has 8 N–H and O–H groups in total. The monoisotopic (exact) mass is 472 g/mol. The SMILES string of the molecule is C1C[CH2][Ti][CH2]1.O.O.O=C(O)c1ccc(C(=O)O)cc1.O=C(O)c1ccc(C(=O)O)cc1. The Balaban J connectivity index is 0. The first-order valence-corrected chi connectivity index (χ1v) is 10.8. The van der Waals surface area contributed by atoms with E-state index in [1.807, 2.05) is 0 Å². The van der Waals surface area contributed by atoms with Crippen molar-refractivity contribution < 1.29 is 69.7 Å². The molecule has 1 aliphatic heterocycles. The fourth-order valence-electron chi connectivity index (χ4n) is 2.14. The van der Waals surface area contributed by atoms with Crippen LogP contribution in [0, 0.1) is 0 Å². The van der Waals surface area contributed by atoms with Gasteiger partial charge in [0.2, 0.25) is 0 Å². The molecular formula is C20H24O10Ti. The second-order valence-electron chi connectivity index (χ2n) is 5.83. The number of aromatic carboxylic acids is 4. The van der Waals surface area contributed by atoms with Gasteiger partial charge in [0.25, 0.3) is 0 Å². The van der Waals surface area contributed by atoms with E-state index >= 15 is 0 Å². The van der Waals surface area contributed by atoms with Gasteiger partial charge in [-0.25, -0.2) is 19.2 Å². The van der Waals surface area contributed by atoms with Crippen LogP contribution in [-0.4, -0.2) is 55.3 Å². The molecule has 2 aromatic rings. The smallest absolute Gasteiger partial charge is 0.335 e. The molecule has 168 valence electrons. The number of carbonyl (C=O) groups is 4. The van der Waals surface area contributed by atoms with Crippen LogP contribution < -0.4 is 0 Å². The van der Waals surface area contributed by atoms with Crippen molar-refractivity contribution in [3.05, 3.63) is 70.8 Å². The van der Waals surface area contributed by atoms with Gasteiger partial charge in [0.15, 0.2) is 0 Å². The van der Waals surface area contributed by atoms with E-state index in [4.69, 9.17) is 20.4 Å². The number of rotatable bonds is 4. The molecule has 0 amide bonds. The van der Waals surface area contributed by atoms with E-state index in [0.717, 1.165) is 0 Å². The van der Waals surface area contributed by atoms with Gasteiger partial charge < -0.3 is 31.4 Å². The van der Waals surface area contributed by atoms with Crippen LogP contribution in [0.3, 0.4) is 0 Å². The molecule has 0 aliphatic carbocycles. The summed E-state index contributed by atoms with van der Waals surface area (Å²) in [5, 5.41) is 33.9. The molecule has 0 spiro atoms. The van der Waals surface area contributed by atoms with Gasteiger partial charge in [-0.2, -0.15) is 0 Å². The number of hydrogen-bond donors (Lipinski definition) is 4. The molecule has 0 aromatic heterocycles. The van der Waals surface area contributed by atoms with Gasteiger partial charge in [0.1, 0.15) is 0 Å². The number of hydrogen-bond acceptors (Lipinski definition) is 4. The van der Waals surface area contributed by atoms with Crippen LogP contribution in [0.5, 0.6) is 0 Å². The van der Waals surface area contributed by atoms with Gasteiger partial charge in [-0.05, 0) is 48.5 Å². The maximum atomic E-state index is 10.3. The van der Waals surface area contributed by atoms with Crippen molar-refractivity contribution in [3.63, 3.8) is 0 Å². The minimum atomic E-state index is -1.06. The van der Waals surface area contributed by atoms with Gasteiger partial charge in [0.05, 0.1) is 22.3 Å². The molecule has 0 radical (unpaired) electrons. The van der Waals surface area contributed by atoms with Gasteiger partial charge >= 0.3 is 65.3 Å². The zero-order valence-electron chi connectivity index (χ0n) is 16.4. The molecule has 3 rings (SSSR count). The summed E-state index contributed by atoms with van der Waals surface area (Å²) < 4.78 is 3.25. The summed E-state index contributed by atoms with van der Waals surface area (Å²) in [4.78, 5) is 41.3. The van der Waals surface area contributed by atoms with Crippen molar-refractivity contribution >= 4 is 23.9 Å². The molecule has 1 aliphatic rings. The zero-order valence-corrected chi connectivity index (χ0v) is 17.9. The normalized spacial score (nSPS) is 10.8. The van der Waals surface area contributed by atoms with Crippen molar-refractivity contribution in [2.24, 2.45) is 0 Å². The summed E-state index contributed by atoms with van der Waals surface area (Å²) in [5.41, 5.74) is 0.333. The van der Waals surface area contributed by atoms with Gasteiger partial charge in [-0.1, -0.05) is 0 Å². The predicted molar refractivity (Wildman–Crippen MR) is 107 cm³/mol. The van der Waals surface area contributed by atoms with Crippen LogP contribution in [0.2, 0.25) is 9.45 Å². The second kappa shape index (κ2) is 15.7. The molecule has 1 fully saturated rings. The summed E-state index contributed by atoms with van der Waals surface area (Å²) in [5.74, 6) is -4.25. The maximum Gasteiger partial charge on any atom is 0.335 e. The summed E-state index contributed by atoms with van der Waals surface area (Å²) in [6, 6.07) is 10.0. The minimum absolute atomic E-state index is 0. The zero-order chi connectivity index (χ0) is 21.8. The van der Waals surface area contributed by atoms with Crippen LogP contribution in [0.1, 0.15) is 54.3 Å². The van der Waals surface area contributed by atoms with E-state index in [1.54, 1.807) is 22.3 Å². The number of benzene rings is 2. The Labute approximate surface area is 186 Å². The average Bonchev–Trinajstić information content (AvgIpc) is 3.28. The summed E-state index contributed by atoms with van der Waals surface area (Å²) in [6.07, 6.45) is 3.11. The van der Waals surface area contributed by atoms with Crippen molar-refractivity contribution in [3.8, 4) is 0 Å². The van der Waals surface area contributed by atoms with E-state index in [0.29, 0.717) is 19.2 Å². The third kappa shape index (κ3) is 11.7. The molecule has 31 heavy (non-hydrogen) atoms. The van der Waals surface area contributed by atoms with Crippen molar-refractivity contribution in [2.75, 3.05) is 0 Å². The first-order valence-electron chi connectivity index (χ1n) is 8.56. The van der Waals surface area contributed by atoms with Crippen molar-refractivity contribution in [1.29, 1.82) is 0 Å². The first-order chi connectivity index (χ1) is 13.7. The van der Waals surface area contributed by atoms with E-state index in [2.05, 4.69) is 0 Å². The molecule has 0 bridgehead atoms. The fraction of sp³-hybridized carbons (Fsp3) is 0.200. The number of carboxylic acid groups (broad SMARTS) is 4. The Morgan fingerprint density at radius 3 is 0.806 bits per heavy atom. The predicted octanol–water partition coefficient (Wildman–Crippen LogP) is 2.22. The van der Waals surface area contributed by atoms with Crippen LogP contribution in [-0.2, 0) is 19.2 Å². The molecule has 0 saturated carbocycles. The molecule has 1 heterocycles. The van der Waals surface area contributed by atoms with Crippen LogP contribution in [0.15, 0.2) is 48.5 Å². The second-order valence-corrected chi connectivity index (χ2v) is 8.17. The summed E-state index contributed by atoms with van der Waals surface area (Å²) in [7, 11) is 0. The van der Waals surface area contributed by atoms with E-state index < -0.39 is 23.9 Å². The van der Waals surface area contributed by atoms with Gasteiger partial charge in [-0.3, -0.25) is 0 Å². The van der Waals surface area contributed by atoms with Crippen LogP contribution in [0.25, 0.3) is 0 Å². The van der Waals surface area contributed by atoms with Gasteiger partial charge in [-0.15, -0.1) is 0 Å². The Morgan fingerprint density at radius 1 is 0.516 bits per heavy atom. The van der Waals surface area contributed by atoms with E-state index in [-0.39, 0.29) is 33.2 Å². The van der Waals surface area contributed by atoms with Crippen LogP contribution in [0.4, 0.5) is 0 Å². The molecule has 11 heteroatoms. The van der Waals surface area contributed by atoms with Crippen molar-refractivity contribution in [1.82, 2.24) is 0 Å². The summed E-state index contributed by atoms with van der Waals surface area (Å²) >= 11 is 0.639. The van der Waals surface area contributed by atoms with Crippen LogP contribution >= 0.6 is 0 Å². The largest absolute Gasteiger partial charge is 0.478 e. The average molecular weight is 472 g/mol. The molecule has 2 aromatic carbocycles. The van der Waals surface area contributed by atoms with Crippen molar-refractivity contribution in [2.45, 2.75) is 22.3 Å². The molecule has 0 unspecified atom stereocenters. The Morgan fingerprint density at radius 2 is 0.710 bits per heavy atom. The maximum absolute atomic E-state index is 10.3. The van der Waals surface area contributed by atoms with E-state index in [1.165, 1.54) is 48.5 Å². The molecule has 10 nitrogen and oxygen atoms in total. The molecule has 1 saturated heterocycles. The quantitative estimate of drug-likeness (QED) is 0.483. The van der Waals surface area contributed by atoms with Gasteiger partial charge in [0, 0.05) is 0 Å². The third-order valence-electron chi connectivity index (χ3n) is 3.71. The topological polar surface area (TPSA) is 212 Å². The third-order valence-corrected chi connectivity index (χ3v) is 5.92. The Bertz CT molecular complexity index is 702. The number of carboxylic acids is 4. The Hall–Kier alpha value is -3.05.